The van der Waals surface area contributed by atoms with Gasteiger partial charge in [-0.25, -0.2) is 0 Å². The van der Waals surface area contributed by atoms with Crippen LogP contribution in [0.5, 0.6) is 0 Å². The summed E-state index contributed by atoms with van der Waals surface area (Å²) < 4.78 is 0. The smallest absolute Gasteiger partial charge is 0.259 e. The second kappa shape index (κ2) is 15.5. The van der Waals surface area contributed by atoms with Crippen LogP contribution in [0.2, 0.25) is 0 Å². The average Bonchev–Trinajstić information content (AvgIpc) is 3.70. The number of allylic oxidation sites excluding steroid dienone is 1. The van der Waals surface area contributed by atoms with Gasteiger partial charge in [0.1, 0.15) is 0 Å². The van der Waals surface area contributed by atoms with E-state index in [1.807, 2.05) is 0 Å². The van der Waals surface area contributed by atoms with Crippen molar-refractivity contribution in [2.45, 2.75) is 208 Å². The van der Waals surface area contributed by atoms with Crippen molar-refractivity contribution in [3.63, 3.8) is 0 Å². The van der Waals surface area contributed by atoms with Gasteiger partial charge in [-0.05, 0) is 185 Å². The molecular weight excluding hydrogens is 876 g/mol. The van der Waals surface area contributed by atoms with Crippen molar-refractivity contribution >= 4 is 57.8 Å². The van der Waals surface area contributed by atoms with E-state index in [2.05, 4.69) is 238 Å². The zero-order valence-electron chi connectivity index (χ0n) is 47.4. The minimum absolute atomic E-state index is 0.00497. The summed E-state index contributed by atoms with van der Waals surface area (Å²) in [5.74, 6) is 0.376. The molecule has 5 aromatic carbocycles. The fourth-order valence-electron chi connectivity index (χ4n) is 14.5. The number of nitrogens with zero attached hydrogens (tertiary/aromatic N) is 2. The number of thioether (sulfide) groups is 1. The first-order valence-corrected chi connectivity index (χ1v) is 28.5. The Bertz CT molecular complexity index is 3070. The molecule has 0 spiro atoms. The number of aryl methyl sites for hydroxylation is 1. The van der Waals surface area contributed by atoms with Gasteiger partial charge in [-0.15, -0.1) is 11.8 Å². The maximum Gasteiger partial charge on any atom is 0.259 e. The van der Waals surface area contributed by atoms with Crippen LogP contribution in [-0.4, -0.2) is 12.0 Å². The Hall–Kier alpha value is -4.15. The van der Waals surface area contributed by atoms with Gasteiger partial charge < -0.3 is 9.80 Å². The van der Waals surface area contributed by atoms with Crippen molar-refractivity contribution in [1.82, 2.24) is 0 Å². The van der Waals surface area contributed by atoms with Gasteiger partial charge in [-0.3, -0.25) is 0 Å². The molecule has 5 aromatic rings. The Morgan fingerprint density at radius 1 is 0.521 bits per heavy atom. The van der Waals surface area contributed by atoms with Crippen molar-refractivity contribution in [3.8, 4) is 11.1 Å². The highest BCUT2D eigenvalue weighted by Gasteiger charge is 2.60. The molecule has 0 bridgehead atoms. The fourth-order valence-corrected chi connectivity index (χ4v) is 16.6. The number of anilines is 5. The van der Waals surface area contributed by atoms with Gasteiger partial charge in [-0.1, -0.05) is 173 Å². The van der Waals surface area contributed by atoms with Gasteiger partial charge in [0.15, 0.2) is 0 Å². The normalized spacial score (nSPS) is 23.8. The van der Waals surface area contributed by atoms with Crippen LogP contribution in [0, 0.1) is 23.7 Å². The van der Waals surface area contributed by atoms with E-state index in [-0.39, 0.29) is 50.0 Å². The number of hydrogen-bond acceptors (Lipinski definition) is 3. The van der Waals surface area contributed by atoms with E-state index in [0.29, 0.717) is 11.2 Å². The van der Waals surface area contributed by atoms with E-state index in [0.717, 1.165) is 0 Å². The third-order valence-electron chi connectivity index (χ3n) is 19.5. The Morgan fingerprint density at radius 3 is 1.70 bits per heavy atom. The van der Waals surface area contributed by atoms with E-state index in [9.17, 15) is 0 Å². The zero-order valence-corrected chi connectivity index (χ0v) is 48.2. The summed E-state index contributed by atoms with van der Waals surface area (Å²) in [5.41, 5.74) is 24.8. The SMILES string of the molecule is Cc1cc2c3c(c1)N(c1ccc(C(C)(C)C)cc1)c1c(ccc4c1C(C)(C)CCC4(C)C)B3C1=C(C3C(S1)C(C)(C)CCC3(C)C)N2c1ccc(C(C)(C)C)cc1-c1ccc2c(c1)C(C)(C)CCC2(C)C. The predicted molar refractivity (Wildman–Crippen MR) is 312 cm³/mol. The molecule has 2 unspecified atom stereocenters. The summed E-state index contributed by atoms with van der Waals surface area (Å²) in [6.07, 6.45) is 7.25. The highest BCUT2D eigenvalue weighted by Crippen LogP contribution is 2.66. The highest BCUT2D eigenvalue weighted by molar-refractivity contribution is 8.06. The maximum absolute atomic E-state index is 2.88. The zero-order chi connectivity index (χ0) is 51.1. The molecular formula is C67H85BN2S. The van der Waals surface area contributed by atoms with Crippen LogP contribution < -0.4 is 20.7 Å². The summed E-state index contributed by atoms with van der Waals surface area (Å²) in [5, 5.41) is 0.459. The molecule has 1 fully saturated rings. The van der Waals surface area contributed by atoms with Crippen molar-refractivity contribution in [2.75, 3.05) is 9.80 Å². The lowest BCUT2D eigenvalue weighted by atomic mass is 9.35. The second-order valence-electron chi connectivity index (χ2n) is 29.6. The van der Waals surface area contributed by atoms with Gasteiger partial charge >= 0.3 is 0 Å². The van der Waals surface area contributed by atoms with Crippen LogP contribution in [0.4, 0.5) is 28.4 Å². The number of hydrogen-bond donors (Lipinski definition) is 0. The van der Waals surface area contributed by atoms with E-state index in [4.69, 9.17) is 0 Å². The molecule has 0 saturated heterocycles. The van der Waals surface area contributed by atoms with Gasteiger partial charge in [0.05, 0.1) is 5.69 Å². The summed E-state index contributed by atoms with van der Waals surface area (Å²) in [7, 11) is 0. The first kappa shape index (κ1) is 49.1. The van der Waals surface area contributed by atoms with Crippen molar-refractivity contribution < 1.29 is 0 Å². The third-order valence-corrected chi connectivity index (χ3v) is 21.3. The molecule has 11 rings (SSSR count). The summed E-state index contributed by atoms with van der Waals surface area (Å²) in [4.78, 5) is 7.23. The minimum Gasteiger partial charge on any atom is -0.314 e. The van der Waals surface area contributed by atoms with Gasteiger partial charge in [0, 0.05) is 45.2 Å². The van der Waals surface area contributed by atoms with Crippen LogP contribution in [0.1, 0.15) is 202 Å². The lowest BCUT2D eigenvalue weighted by Crippen LogP contribution is -2.57. The largest absolute Gasteiger partial charge is 0.314 e. The van der Waals surface area contributed by atoms with Crippen molar-refractivity contribution in [2.24, 2.45) is 16.7 Å². The molecule has 3 aliphatic carbocycles. The monoisotopic (exact) mass is 961 g/mol. The molecule has 0 amide bonds. The van der Waals surface area contributed by atoms with Crippen LogP contribution in [0.25, 0.3) is 11.1 Å². The second-order valence-corrected chi connectivity index (χ2v) is 30.7. The molecule has 6 aliphatic rings. The standard InChI is InChI=1S/C67H85BN2S/c1-40-36-51-55-52(37-40)70(50-29-23-43(61(5,6)7)39-45(50)41-20-26-46-48(38-41)64(12,13)31-30-62(46,8)9)57-54-58(67(18,19)35-34-66(54,16)17)71-59(57)68(55)49-28-27-47-53(65(14,15)33-32-63(47,10)11)56(49)69(51)44-24-21-42(22-25-44)60(2,3)4/h20-29,36-39,54,58H,30-35H2,1-19H3. The van der Waals surface area contributed by atoms with E-state index < -0.39 is 0 Å². The molecule has 1 saturated carbocycles. The van der Waals surface area contributed by atoms with Crippen molar-refractivity contribution in [3.05, 3.63) is 134 Å². The Labute approximate surface area is 435 Å². The first-order chi connectivity index (χ1) is 32.8. The average molecular weight is 961 g/mol. The fraction of sp³-hybridized carbons (Fsp3) is 0.522. The first-order valence-electron chi connectivity index (χ1n) is 27.6. The Morgan fingerprint density at radius 2 is 1.07 bits per heavy atom. The molecule has 71 heavy (non-hydrogen) atoms. The quantitative estimate of drug-likeness (QED) is 0.166. The van der Waals surface area contributed by atoms with Crippen LogP contribution in [0.15, 0.2) is 95.4 Å². The lowest BCUT2D eigenvalue weighted by Gasteiger charge is -2.52. The molecule has 0 aromatic heterocycles. The Kier molecular flexibility index (Phi) is 10.7. The minimum atomic E-state index is -0.0133. The third kappa shape index (κ3) is 7.45. The maximum atomic E-state index is 2.88. The van der Waals surface area contributed by atoms with E-state index in [1.165, 1.54) is 122 Å². The van der Waals surface area contributed by atoms with E-state index in [1.54, 1.807) is 16.1 Å². The lowest BCUT2D eigenvalue weighted by molar-refractivity contribution is 0.0881. The van der Waals surface area contributed by atoms with E-state index >= 15 is 0 Å². The number of rotatable bonds is 3. The molecule has 4 heteroatoms. The number of benzene rings is 5. The van der Waals surface area contributed by atoms with Crippen LogP contribution in [-0.2, 0) is 32.5 Å². The topological polar surface area (TPSA) is 6.48 Å². The summed E-state index contributed by atoms with van der Waals surface area (Å²) in [6.45, 7) is 47.1. The van der Waals surface area contributed by atoms with Crippen molar-refractivity contribution in [1.29, 1.82) is 0 Å². The summed E-state index contributed by atoms with van der Waals surface area (Å²) in [6, 6.07) is 35.3. The highest BCUT2D eigenvalue weighted by atomic mass is 32.2. The van der Waals surface area contributed by atoms with Gasteiger partial charge in [0.25, 0.3) is 6.71 Å². The number of fused-ring (bicyclic) bond motifs is 8. The Balaban J connectivity index is 1.26. The molecule has 2 nitrogen and oxygen atoms in total. The molecule has 3 aliphatic heterocycles. The predicted octanol–water partition coefficient (Wildman–Crippen LogP) is 17.8. The van der Waals surface area contributed by atoms with Gasteiger partial charge in [0.2, 0.25) is 0 Å². The van der Waals surface area contributed by atoms with Crippen LogP contribution >= 0.6 is 11.8 Å². The molecule has 372 valence electrons. The molecule has 0 radical (unpaired) electrons. The molecule has 0 N–H and O–H groups in total. The molecule has 2 atom stereocenters. The summed E-state index contributed by atoms with van der Waals surface area (Å²) >= 11 is 2.28. The van der Waals surface area contributed by atoms with Crippen LogP contribution in [0.3, 0.4) is 0 Å². The van der Waals surface area contributed by atoms with Gasteiger partial charge in [-0.2, -0.15) is 0 Å². The molecule has 3 heterocycles.